The molecule has 0 radical (unpaired) electrons. The monoisotopic (exact) mass is 852 g/mol. The van der Waals surface area contributed by atoms with Gasteiger partial charge in [-0.2, -0.15) is 0 Å². The summed E-state index contributed by atoms with van der Waals surface area (Å²) in [7, 11) is 2.03. The standard InChI is InChI=1S/C59H44N6O/c1-59(2,3)38-32-33-60-52(34-38)65-51-36-43(66-42-23-17-22-41(35-42)62-37-61(4)49-28-15-16-29-50(49)62)30-31-46(51)55-56-53(44-24-11-13-26-47(44)63(56)39-18-7-5-8-19-39)54-45-25-12-14-27-48(45)64(57(54)58(55)65)40-20-9-6-10-21-40/h5-36H,1-4H3. The Morgan fingerprint density at radius 3 is 1.76 bits per heavy atom. The average molecular weight is 853 g/mol. The molecule has 0 aliphatic rings. The molecule has 0 atom stereocenters. The molecule has 7 heteroatoms. The second-order valence-electron chi connectivity index (χ2n) is 18.3. The zero-order valence-electron chi connectivity index (χ0n) is 37.1. The van der Waals surface area contributed by atoms with Gasteiger partial charge in [-0.05, 0) is 83.8 Å². The van der Waals surface area contributed by atoms with E-state index >= 15 is 0 Å². The van der Waals surface area contributed by atoms with Gasteiger partial charge in [-0.1, -0.05) is 130 Å². The van der Waals surface area contributed by atoms with Crippen LogP contribution in [0.15, 0.2) is 194 Å². The van der Waals surface area contributed by atoms with Gasteiger partial charge in [0.1, 0.15) is 17.3 Å². The van der Waals surface area contributed by atoms with Crippen LogP contribution in [0.4, 0.5) is 0 Å². The fraction of sp³-hybridized carbons (Fsp3) is 0.0847. The fourth-order valence-electron chi connectivity index (χ4n) is 10.4. The summed E-state index contributed by atoms with van der Waals surface area (Å²) in [6, 6.07) is 66.9. The van der Waals surface area contributed by atoms with E-state index in [2.05, 4.69) is 221 Å². The number of para-hydroxylation sites is 6. The molecule has 316 valence electrons. The Kier molecular flexibility index (Phi) is 8.25. The van der Waals surface area contributed by atoms with Crippen molar-refractivity contribution in [3.63, 3.8) is 0 Å². The number of pyridine rings is 1. The average Bonchev–Trinajstić information content (AvgIpc) is 4.08. The van der Waals surface area contributed by atoms with Gasteiger partial charge in [0.05, 0.1) is 56.9 Å². The van der Waals surface area contributed by atoms with Crippen LogP contribution in [0, 0.1) is 6.33 Å². The normalized spacial score (nSPS) is 12.2. The molecule has 0 saturated heterocycles. The van der Waals surface area contributed by atoms with Crippen LogP contribution in [0.1, 0.15) is 26.3 Å². The van der Waals surface area contributed by atoms with Crippen molar-refractivity contribution in [2.24, 2.45) is 7.05 Å². The summed E-state index contributed by atoms with van der Waals surface area (Å²) in [6.07, 6.45) is 5.45. The van der Waals surface area contributed by atoms with Crippen LogP contribution in [0.2, 0.25) is 0 Å². The van der Waals surface area contributed by atoms with E-state index in [4.69, 9.17) is 9.72 Å². The predicted octanol–water partition coefficient (Wildman–Crippen LogP) is 14.0. The van der Waals surface area contributed by atoms with Crippen molar-refractivity contribution in [3.05, 3.63) is 206 Å². The first kappa shape index (κ1) is 38.1. The topological polar surface area (TPSA) is 45.7 Å². The molecule has 0 bridgehead atoms. The van der Waals surface area contributed by atoms with Gasteiger partial charge in [0, 0.05) is 56.0 Å². The van der Waals surface area contributed by atoms with Gasteiger partial charge in [-0.15, -0.1) is 0 Å². The number of hydrogen-bond acceptors (Lipinski definition) is 2. The third-order valence-corrected chi connectivity index (χ3v) is 13.3. The van der Waals surface area contributed by atoms with E-state index in [0.29, 0.717) is 0 Å². The number of aryl methyl sites for hydroxylation is 1. The summed E-state index contributed by atoms with van der Waals surface area (Å²) in [4.78, 5) is 5.25. The third kappa shape index (κ3) is 5.62. The molecular formula is C59H44N6O. The summed E-state index contributed by atoms with van der Waals surface area (Å²) >= 11 is 0. The van der Waals surface area contributed by atoms with E-state index < -0.39 is 0 Å². The Hall–Kier alpha value is -8.42. The fourth-order valence-corrected chi connectivity index (χ4v) is 10.4. The summed E-state index contributed by atoms with van der Waals surface area (Å²) in [5.41, 5.74) is 13.1. The molecule has 0 saturated carbocycles. The molecule has 5 aromatic heterocycles. The highest BCUT2D eigenvalue weighted by Gasteiger charge is 2.30. The van der Waals surface area contributed by atoms with Crippen molar-refractivity contribution in [2.75, 3.05) is 0 Å². The van der Waals surface area contributed by atoms with Crippen LogP contribution >= 0.6 is 0 Å². The lowest BCUT2D eigenvalue weighted by atomic mass is 9.88. The van der Waals surface area contributed by atoms with Gasteiger partial charge < -0.3 is 23.0 Å². The number of aromatic nitrogens is 6. The molecule has 7 nitrogen and oxygen atoms in total. The third-order valence-electron chi connectivity index (χ3n) is 13.3. The number of nitrogens with zero attached hydrogens (tertiary/aromatic N) is 6. The van der Waals surface area contributed by atoms with Crippen LogP contribution < -0.4 is 9.30 Å². The predicted molar refractivity (Wildman–Crippen MR) is 269 cm³/mol. The zero-order chi connectivity index (χ0) is 44.3. The summed E-state index contributed by atoms with van der Waals surface area (Å²) in [6.45, 7) is 6.79. The highest BCUT2D eigenvalue weighted by Crippen LogP contribution is 2.50. The minimum absolute atomic E-state index is 0.115. The minimum atomic E-state index is -0.115. The largest absolute Gasteiger partial charge is 0.458 e. The van der Waals surface area contributed by atoms with Crippen LogP contribution in [0.25, 0.3) is 99.3 Å². The number of fused-ring (bicyclic) bond motifs is 13. The van der Waals surface area contributed by atoms with Crippen LogP contribution in [0.5, 0.6) is 11.5 Å². The SMILES string of the molecule is Cn1[c-][n+](-c2cccc(Oc3ccc4c5c6c(c7ccccc7n6-c6ccccc6)c6c7ccccc7n(-c7ccccc7)c6c5n(-c5cc(C(C)(C)C)ccn5)c4c3)c2)c2ccccc21. The van der Waals surface area contributed by atoms with Crippen LogP contribution in [-0.2, 0) is 12.5 Å². The quantitative estimate of drug-likeness (QED) is 0.124. The molecule has 0 fully saturated rings. The van der Waals surface area contributed by atoms with Gasteiger partial charge in [-0.3, -0.25) is 4.57 Å². The molecule has 0 N–H and O–H groups in total. The molecule has 0 amide bonds. The molecule has 13 aromatic rings. The Bertz CT molecular complexity index is 4070. The number of benzene rings is 8. The van der Waals surface area contributed by atoms with Crippen molar-refractivity contribution >= 4 is 76.5 Å². The lowest BCUT2D eigenvalue weighted by Crippen LogP contribution is -2.29. The molecule has 0 unspecified atom stereocenters. The maximum Gasteiger partial charge on any atom is 0.244 e. The molecule has 8 aromatic carbocycles. The van der Waals surface area contributed by atoms with Gasteiger partial charge >= 0.3 is 0 Å². The molecule has 0 spiro atoms. The van der Waals surface area contributed by atoms with E-state index in [1.807, 2.05) is 29.9 Å². The summed E-state index contributed by atoms with van der Waals surface area (Å²) in [5.74, 6) is 2.30. The van der Waals surface area contributed by atoms with Gasteiger partial charge in [0.15, 0.2) is 0 Å². The Morgan fingerprint density at radius 2 is 1.06 bits per heavy atom. The molecule has 5 heterocycles. The Balaban J connectivity index is 1.19. The van der Waals surface area contributed by atoms with Gasteiger partial charge in [0.25, 0.3) is 0 Å². The van der Waals surface area contributed by atoms with Gasteiger partial charge in [-0.25, -0.2) is 4.98 Å². The number of rotatable bonds is 6. The van der Waals surface area contributed by atoms with E-state index in [1.165, 1.54) is 27.1 Å². The van der Waals surface area contributed by atoms with E-state index in [1.54, 1.807) is 0 Å². The molecule has 0 aliphatic carbocycles. The van der Waals surface area contributed by atoms with Crippen molar-refractivity contribution in [1.82, 2.24) is 23.3 Å². The number of hydrogen-bond donors (Lipinski definition) is 0. The minimum Gasteiger partial charge on any atom is -0.458 e. The van der Waals surface area contributed by atoms with Crippen LogP contribution in [-0.4, -0.2) is 23.3 Å². The second kappa shape index (κ2) is 14.3. The lowest BCUT2D eigenvalue weighted by Gasteiger charge is -2.20. The van der Waals surface area contributed by atoms with Crippen LogP contribution in [0.3, 0.4) is 0 Å². The van der Waals surface area contributed by atoms with Gasteiger partial charge in [0.2, 0.25) is 6.33 Å². The first-order valence-corrected chi connectivity index (χ1v) is 22.5. The van der Waals surface area contributed by atoms with E-state index in [9.17, 15) is 0 Å². The van der Waals surface area contributed by atoms with E-state index in [-0.39, 0.29) is 5.41 Å². The first-order chi connectivity index (χ1) is 32.3. The zero-order valence-corrected chi connectivity index (χ0v) is 37.1. The molecular weight excluding hydrogens is 809 g/mol. The number of ether oxygens (including phenoxy) is 1. The van der Waals surface area contributed by atoms with Crippen molar-refractivity contribution in [1.29, 1.82) is 0 Å². The summed E-state index contributed by atoms with van der Waals surface area (Å²) < 4.78 is 18.4. The van der Waals surface area contributed by atoms with Crippen molar-refractivity contribution in [2.45, 2.75) is 26.2 Å². The number of imidazole rings is 1. The molecule has 13 rings (SSSR count). The van der Waals surface area contributed by atoms with Crippen molar-refractivity contribution in [3.8, 4) is 34.4 Å². The smallest absolute Gasteiger partial charge is 0.244 e. The maximum atomic E-state index is 6.91. The lowest BCUT2D eigenvalue weighted by molar-refractivity contribution is -0.572. The summed E-state index contributed by atoms with van der Waals surface area (Å²) in [5, 5.41) is 7.07. The molecule has 66 heavy (non-hydrogen) atoms. The van der Waals surface area contributed by atoms with E-state index in [0.717, 1.165) is 89.3 Å². The second-order valence-corrected chi connectivity index (χ2v) is 18.3. The Labute approximate surface area is 381 Å². The highest BCUT2D eigenvalue weighted by molar-refractivity contribution is 6.40. The maximum absolute atomic E-state index is 6.91. The van der Waals surface area contributed by atoms with Crippen molar-refractivity contribution < 1.29 is 9.30 Å². The highest BCUT2D eigenvalue weighted by atomic mass is 16.5. The first-order valence-electron chi connectivity index (χ1n) is 22.5. The Morgan fingerprint density at radius 1 is 0.485 bits per heavy atom. The molecule has 0 aliphatic heterocycles.